The summed E-state index contributed by atoms with van der Waals surface area (Å²) in [5.74, 6) is -0.0120. The molecule has 4 aromatic carbocycles. The van der Waals surface area contributed by atoms with Gasteiger partial charge in [-0.05, 0) is 96.5 Å². The van der Waals surface area contributed by atoms with Crippen LogP contribution in [0.1, 0.15) is 22.3 Å². The van der Waals surface area contributed by atoms with Crippen molar-refractivity contribution in [3.05, 3.63) is 101 Å². The van der Waals surface area contributed by atoms with Crippen molar-refractivity contribution in [1.29, 1.82) is 0 Å². The summed E-state index contributed by atoms with van der Waals surface area (Å²) in [5, 5.41) is 48.8. The zero-order chi connectivity index (χ0) is 24.1. The van der Waals surface area contributed by atoms with Gasteiger partial charge >= 0.3 is 0 Å². The van der Waals surface area contributed by atoms with Crippen molar-refractivity contribution in [1.82, 2.24) is 0 Å². The zero-order valence-corrected chi connectivity index (χ0v) is 18.5. The Morgan fingerprint density at radius 2 is 1.09 bits per heavy atom. The minimum absolute atomic E-state index is 0.0431. The van der Waals surface area contributed by atoms with E-state index >= 15 is 0 Å². The molecule has 174 valence electrons. The Labute approximate surface area is 197 Å². The van der Waals surface area contributed by atoms with Crippen LogP contribution in [0.15, 0.2) is 78.9 Å². The molecule has 0 saturated carbocycles. The summed E-state index contributed by atoms with van der Waals surface area (Å²) in [6.07, 6.45) is 2.64. The molecule has 0 aliphatic heterocycles. The molecule has 0 amide bonds. The van der Waals surface area contributed by atoms with Crippen LogP contribution in [0, 0.1) is 0 Å². The van der Waals surface area contributed by atoms with Gasteiger partial charge in [0.15, 0.2) is 28.7 Å². The van der Waals surface area contributed by atoms with Gasteiger partial charge in [-0.25, -0.2) is 0 Å². The Balaban J connectivity index is 1.42. The highest BCUT2D eigenvalue weighted by molar-refractivity contribution is 5.51. The molecule has 0 unspecified atom stereocenters. The second-order valence-corrected chi connectivity index (χ2v) is 8.20. The van der Waals surface area contributed by atoms with Gasteiger partial charge in [0.25, 0.3) is 0 Å². The van der Waals surface area contributed by atoms with Crippen molar-refractivity contribution in [3.8, 4) is 40.2 Å². The van der Waals surface area contributed by atoms with Crippen LogP contribution in [0.25, 0.3) is 0 Å². The highest BCUT2D eigenvalue weighted by Crippen LogP contribution is 2.36. The molecule has 0 fully saturated rings. The number of benzene rings is 4. The molecule has 34 heavy (non-hydrogen) atoms. The van der Waals surface area contributed by atoms with Gasteiger partial charge in [-0.1, -0.05) is 30.3 Å². The monoisotopic (exact) mass is 458 g/mol. The topological polar surface area (TPSA) is 110 Å². The third-order valence-electron chi connectivity index (χ3n) is 5.60. The molecule has 4 rings (SSSR count). The van der Waals surface area contributed by atoms with Gasteiger partial charge in [-0.3, -0.25) is 0 Å². The standard InChI is InChI=1S/C28H26O6/c29-22-5-1-3-18(13-22)7-8-20-11-12-24(30)27(17-20)34-23-6-2-4-19(14-23)9-10-21-15-25(31)28(33)26(32)16-21/h1-6,11-17,29-33H,7-10H2. The van der Waals surface area contributed by atoms with Crippen molar-refractivity contribution in [3.63, 3.8) is 0 Å². The molecule has 6 heteroatoms. The first-order chi connectivity index (χ1) is 16.4. The first-order valence-electron chi connectivity index (χ1n) is 11.0. The Kier molecular flexibility index (Phi) is 6.78. The Morgan fingerprint density at radius 1 is 0.500 bits per heavy atom. The van der Waals surface area contributed by atoms with E-state index in [-0.39, 0.29) is 23.0 Å². The van der Waals surface area contributed by atoms with Crippen molar-refractivity contribution in [2.24, 2.45) is 0 Å². The number of aryl methyl sites for hydroxylation is 4. The number of aromatic hydroxyl groups is 5. The van der Waals surface area contributed by atoms with Crippen LogP contribution in [0.4, 0.5) is 0 Å². The molecule has 4 aromatic rings. The van der Waals surface area contributed by atoms with Crippen molar-refractivity contribution in [2.75, 3.05) is 0 Å². The lowest BCUT2D eigenvalue weighted by molar-refractivity contribution is 0.367. The first kappa shape index (κ1) is 22.9. The van der Waals surface area contributed by atoms with E-state index in [1.165, 1.54) is 12.1 Å². The van der Waals surface area contributed by atoms with E-state index < -0.39 is 5.75 Å². The van der Waals surface area contributed by atoms with Crippen LogP contribution in [0.2, 0.25) is 0 Å². The summed E-state index contributed by atoms with van der Waals surface area (Å²) in [6, 6.07) is 22.8. The predicted molar refractivity (Wildman–Crippen MR) is 129 cm³/mol. The molecule has 0 aliphatic rings. The van der Waals surface area contributed by atoms with Crippen LogP contribution in [0.3, 0.4) is 0 Å². The average molecular weight is 459 g/mol. The fourth-order valence-corrected chi connectivity index (χ4v) is 3.78. The van der Waals surface area contributed by atoms with Gasteiger partial charge in [0.05, 0.1) is 0 Å². The number of phenolic OH excluding ortho intramolecular Hbond substituents is 5. The number of ether oxygens (including phenoxy) is 1. The molecule has 0 heterocycles. The Bertz CT molecular complexity index is 1270. The summed E-state index contributed by atoms with van der Waals surface area (Å²) in [5.41, 5.74) is 3.69. The van der Waals surface area contributed by atoms with Crippen LogP contribution >= 0.6 is 0 Å². The van der Waals surface area contributed by atoms with E-state index in [0.717, 1.165) is 29.5 Å². The highest BCUT2D eigenvalue weighted by atomic mass is 16.5. The Morgan fingerprint density at radius 3 is 1.76 bits per heavy atom. The molecule has 0 radical (unpaired) electrons. The summed E-state index contributed by atoms with van der Waals surface area (Å²) in [4.78, 5) is 0. The van der Waals surface area contributed by atoms with Crippen LogP contribution in [-0.4, -0.2) is 25.5 Å². The first-order valence-corrected chi connectivity index (χ1v) is 11.0. The van der Waals surface area contributed by atoms with E-state index in [2.05, 4.69) is 0 Å². The fraction of sp³-hybridized carbons (Fsp3) is 0.143. The molecule has 6 nitrogen and oxygen atoms in total. The third-order valence-corrected chi connectivity index (χ3v) is 5.60. The lowest BCUT2D eigenvalue weighted by Gasteiger charge is -2.11. The maximum atomic E-state index is 10.3. The van der Waals surface area contributed by atoms with Crippen LogP contribution < -0.4 is 4.74 Å². The maximum Gasteiger partial charge on any atom is 0.200 e. The van der Waals surface area contributed by atoms with Crippen molar-refractivity contribution < 1.29 is 30.3 Å². The normalized spacial score (nSPS) is 10.8. The molecule has 0 saturated heterocycles. The molecule has 5 N–H and O–H groups in total. The van der Waals surface area contributed by atoms with Gasteiger partial charge in [0.1, 0.15) is 11.5 Å². The second-order valence-electron chi connectivity index (χ2n) is 8.20. The SMILES string of the molecule is Oc1cccc(CCc2ccc(O)c(Oc3cccc(CCc4cc(O)c(O)c(O)c4)c3)c2)c1. The molecule has 0 spiro atoms. The van der Waals surface area contributed by atoms with E-state index in [1.54, 1.807) is 24.3 Å². The number of phenols is 5. The fourth-order valence-electron chi connectivity index (χ4n) is 3.78. The number of rotatable bonds is 8. The predicted octanol–water partition coefficient (Wildman–Crippen LogP) is 5.58. The number of hydrogen-bond acceptors (Lipinski definition) is 6. The summed E-state index contributed by atoms with van der Waals surface area (Å²) in [6.45, 7) is 0. The largest absolute Gasteiger partial charge is 0.508 e. The average Bonchev–Trinajstić information content (AvgIpc) is 2.82. The van der Waals surface area contributed by atoms with Crippen molar-refractivity contribution >= 4 is 0 Å². The smallest absolute Gasteiger partial charge is 0.200 e. The quantitative estimate of drug-likeness (QED) is 0.221. The maximum absolute atomic E-state index is 10.3. The lowest BCUT2D eigenvalue weighted by Crippen LogP contribution is -1.94. The molecule has 0 atom stereocenters. The van der Waals surface area contributed by atoms with Gasteiger partial charge in [-0.2, -0.15) is 0 Å². The minimum atomic E-state index is -0.525. The molecular formula is C28H26O6. The lowest BCUT2D eigenvalue weighted by atomic mass is 10.0. The molecular weight excluding hydrogens is 432 g/mol. The van der Waals surface area contributed by atoms with Gasteiger partial charge in [-0.15, -0.1) is 0 Å². The van der Waals surface area contributed by atoms with Gasteiger partial charge in [0.2, 0.25) is 0 Å². The summed E-state index contributed by atoms with van der Waals surface area (Å²) < 4.78 is 5.96. The van der Waals surface area contributed by atoms with Gasteiger partial charge < -0.3 is 30.3 Å². The van der Waals surface area contributed by atoms with E-state index in [9.17, 15) is 25.5 Å². The zero-order valence-electron chi connectivity index (χ0n) is 18.5. The van der Waals surface area contributed by atoms with E-state index in [1.807, 2.05) is 42.5 Å². The van der Waals surface area contributed by atoms with Crippen LogP contribution in [-0.2, 0) is 25.7 Å². The Hall–Kier alpha value is -4.32. The molecule has 0 aliphatic carbocycles. The van der Waals surface area contributed by atoms with E-state index in [4.69, 9.17) is 4.74 Å². The van der Waals surface area contributed by atoms with E-state index in [0.29, 0.717) is 29.9 Å². The van der Waals surface area contributed by atoms with Crippen molar-refractivity contribution in [2.45, 2.75) is 25.7 Å². The third kappa shape index (κ3) is 5.72. The number of hydrogen-bond donors (Lipinski definition) is 5. The summed E-state index contributed by atoms with van der Waals surface area (Å²) in [7, 11) is 0. The summed E-state index contributed by atoms with van der Waals surface area (Å²) >= 11 is 0. The minimum Gasteiger partial charge on any atom is -0.508 e. The second kappa shape index (κ2) is 10.1. The highest BCUT2D eigenvalue weighted by Gasteiger charge is 2.10. The molecule has 0 bridgehead atoms. The van der Waals surface area contributed by atoms with Gasteiger partial charge in [0, 0.05) is 0 Å². The van der Waals surface area contributed by atoms with Crippen LogP contribution in [0.5, 0.6) is 40.2 Å². The molecule has 0 aromatic heterocycles.